The van der Waals surface area contributed by atoms with Crippen molar-refractivity contribution in [3.8, 4) is 0 Å². The van der Waals surface area contributed by atoms with Crippen molar-refractivity contribution >= 4 is 21.2 Å². The Morgan fingerprint density at radius 3 is 2.45 bits per heavy atom. The first-order valence-corrected chi connectivity index (χ1v) is 7.35. The first-order valence-electron chi connectivity index (χ1n) is 5.87. The molecule has 1 rings (SSSR count). The second kappa shape index (κ2) is 6.48. The monoisotopic (exact) mass is 342 g/mol. The molecule has 0 aliphatic carbocycles. The molecule has 0 aliphatic rings. The zero-order valence-electron chi connectivity index (χ0n) is 11.5. The second-order valence-electron chi connectivity index (χ2n) is 4.31. The summed E-state index contributed by atoms with van der Waals surface area (Å²) >= 11 is 0. The lowest BCUT2D eigenvalue weighted by atomic mass is 10.2. The average Bonchev–Trinajstić information content (AvgIpc) is 2.42. The van der Waals surface area contributed by atoms with Gasteiger partial charge in [0.1, 0.15) is 5.69 Å². The fourth-order valence-electron chi connectivity index (χ4n) is 1.45. The Morgan fingerprint density at radius 1 is 1.41 bits per heavy atom. The minimum Gasteiger partial charge on any atom is -0.380 e. The summed E-state index contributed by atoms with van der Waals surface area (Å²) in [6.07, 6.45) is -0.307. The molecule has 0 amide bonds. The van der Waals surface area contributed by atoms with Crippen LogP contribution in [0.15, 0.2) is 23.1 Å². The number of benzene rings is 1. The number of nitro benzene ring substituents is 1. The Bertz CT molecular complexity index is 660. The van der Waals surface area contributed by atoms with E-state index < -0.39 is 30.9 Å². The normalized spacial score (nSPS) is 13.7. The maximum absolute atomic E-state index is 12.5. The van der Waals surface area contributed by atoms with Gasteiger partial charge in [-0.3, -0.25) is 10.1 Å². The van der Waals surface area contributed by atoms with Gasteiger partial charge in [0, 0.05) is 19.7 Å². The first kappa shape index (κ1) is 18.2. The number of sulfone groups is 1. The van der Waals surface area contributed by atoms with Gasteiger partial charge in [0.15, 0.2) is 0 Å². The summed E-state index contributed by atoms with van der Waals surface area (Å²) in [6, 6.07) is 1.96. The molecule has 1 atom stereocenters. The molecule has 7 nitrogen and oxygen atoms in total. The van der Waals surface area contributed by atoms with Crippen LogP contribution in [-0.4, -0.2) is 38.6 Å². The van der Waals surface area contributed by atoms with E-state index in [9.17, 15) is 31.7 Å². The summed E-state index contributed by atoms with van der Waals surface area (Å²) in [5.41, 5.74) is -6.40. The molecule has 22 heavy (non-hydrogen) atoms. The van der Waals surface area contributed by atoms with E-state index in [4.69, 9.17) is 4.74 Å². The minimum atomic E-state index is -5.64. The van der Waals surface area contributed by atoms with Crippen LogP contribution in [0.1, 0.15) is 6.92 Å². The molecule has 0 saturated heterocycles. The van der Waals surface area contributed by atoms with E-state index in [1.165, 1.54) is 7.11 Å². The summed E-state index contributed by atoms with van der Waals surface area (Å²) in [5, 5.41) is 13.5. The number of rotatable bonds is 6. The van der Waals surface area contributed by atoms with Gasteiger partial charge in [-0.25, -0.2) is 8.42 Å². The van der Waals surface area contributed by atoms with Gasteiger partial charge in [0.05, 0.1) is 15.9 Å². The van der Waals surface area contributed by atoms with Crippen LogP contribution < -0.4 is 5.32 Å². The Hall–Kier alpha value is -1.88. The molecule has 0 bridgehead atoms. The molecule has 1 unspecified atom stereocenters. The van der Waals surface area contributed by atoms with Crippen LogP contribution in [0.2, 0.25) is 0 Å². The Kier molecular flexibility index (Phi) is 5.35. The van der Waals surface area contributed by atoms with Crippen LogP contribution in [0.5, 0.6) is 0 Å². The van der Waals surface area contributed by atoms with Gasteiger partial charge in [-0.1, -0.05) is 0 Å². The fraction of sp³-hybridized carbons (Fsp3) is 0.455. The lowest BCUT2D eigenvalue weighted by Gasteiger charge is -2.13. The van der Waals surface area contributed by atoms with E-state index in [0.717, 1.165) is 6.07 Å². The molecule has 0 spiro atoms. The molecule has 0 aliphatic heterocycles. The highest BCUT2D eigenvalue weighted by molar-refractivity contribution is 7.92. The van der Waals surface area contributed by atoms with E-state index in [1.54, 1.807) is 6.92 Å². The molecule has 0 fully saturated rings. The molecule has 0 saturated carbocycles. The number of nitro groups is 1. The highest BCUT2D eigenvalue weighted by Gasteiger charge is 2.47. The van der Waals surface area contributed by atoms with Gasteiger partial charge >= 0.3 is 5.51 Å². The van der Waals surface area contributed by atoms with Crippen LogP contribution in [0.4, 0.5) is 24.5 Å². The van der Waals surface area contributed by atoms with Crippen molar-refractivity contribution in [2.75, 3.05) is 19.0 Å². The van der Waals surface area contributed by atoms with Crippen molar-refractivity contribution in [1.82, 2.24) is 0 Å². The van der Waals surface area contributed by atoms with Crippen LogP contribution in [0.3, 0.4) is 0 Å². The first-order chi connectivity index (χ1) is 10.0. The second-order valence-corrected chi connectivity index (χ2v) is 6.25. The van der Waals surface area contributed by atoms with Gasteiger partial charge in [0.25, 0.3) is 15.5 Å². The van der Waals surface area contributed by atoms with Gasteiger partial charge < -0.3 is 10.1 Å². The van der Waals surface area contributed by atoms with Gasteiger partial charge in [0.2, 0.25) is 0 Å². The lowest BCUT2D eigenvalue weighted by Crippen LogP contribution is -2.23. The zero-order chi connectivity index (χ0) is 17.1. The zero-order valence-corrected chi connectivity index (χ0v) is 12.4. The number of nitrogens with one attached hydrogen (secondary N) is 1. The van der Waals surface area contributed by atoms with Gasteiger partial charge in [-0.2, -0.15) is 13.2 Å². The third-order valence-corrected chi connectivity index (χ3v) is 4.25. The molecule has 11 heteroatoms. The smallest absolute Gasteiger partial charge is 0.380 e. The molecule has 1 aromatic carbocycles. The summed E-state index contributed by atoms with van der Waals surface area (Å²) in [6.45, 7) is 1.82. The molecule has 1 N–H and O–H groups in total. The predicted octanol–water partition coefficient (Wildman–Crippen LogP) is 2.34. The molecule has 0 aromatic heterocycles. The number of hydrogen-bond acceptors (Lipinski definition) is 6. The fourth-order valence-corrected chi connectivity index (χ4v) is 2.23. The maximum Gasteiger partial charge on any atom is 0.501 e. The molecular formula is C11H13F3N2O5S. The highest BCUT2D eigenvalue weighted by atomic mass is 32.2. The van der Waals surface area contributed by atoms with E-state index in [0.29, 0.717) is 12.1 Å². The van der Waals surface area contributed by atoms with E-state index >= 15 is 0 Å². The van der Waals surface area contributed by atoms with Crippen molar-refractivity contribution < 1.29 is 31.2 Å². The van der Waals surface area contributed by atoms with E-state index in [-0.39, 0.29) is 18.3 Å². The predicted molar refractivity (Wildman–Crippen MR) is 71.3 cm³/mol. The molecule has 1 aromatic rings. The summed E-state index contributed by atoms with van der Waals surface area (Å²) < 4.78 is 64.8. The molecular weight excluding hydrogens is 329 g/mol. The average molecular weight is 342 g/mol. The Labute approximate surface area is 124 Å². The number of methoxy groups -OCH3 is 1. The van der Waals surface area contributed by atoms with Gasteiger partial charge in [-0.15, -0.1) is 0 Å². The van der Waals surface area contributed by atoms with Crippen molar-refractivity contribution in [3.63, 3.8) is 0 Å². The third-order valence-electron chi connectivity index (χ3n) is 2.76. The number of hydrogen-bond donors (Lipinski definition) is 1. The van der Waals surface area contributed by atoms with E-state index in [2.05, 4.69) is 5.32 Å². The molecule has 0 radical (unpaired) electrons. The Morgan fingerprint density at radius 2 is 2.00 bits per heavy atom. The third kappa shape index (κ3) is 3.85. The quantitative estimate of drug-likeness (QED) is 0.629. The van der Waals surface area contributed by atoms with Crippen molar-refractivity contribution in [2.45, 2.75) is 23.4 Å². The van der Waals surface area contributed by atoms with Crippen molar-refractivity contribution in [3.05, 3.63) is 28.3 Å². The minimum absolute atomic E-state index is 0.102. The lowest BCUT2D eigenvalue weighted by molar-refractivity contribution is -0.384. The van der Waals surface area contributed by atoms with Crippen LogP contribution >= 0.6 is 0 Å². The van der Waals surface area contributed by atoms with E-state index in [1.807, 2.05) is 0 Å². The van der Waals surface area contributed by atoms with Gasteiger partial charge in [-0.05, 0) is 19.1 Å². The van der Waals surface area contributed by atoms with Crippen molar-refractivity contribution in [2.24, 2.45) is 0 Å². The Balaban J connectivity index is 3.24. The largest absolute Gasteiger partial charge is 0.501 e. The van der Waals surface area contributed by atoms with Crippen LogP contribution in [0, 0.1) is 10.1 Å². The maximum atomic E-state index is 12.5. The molecule has 124 valence electrons. The number of ether oxygens (including phenoxy) is 1. The topological polar surface area (TPSA) is 98.5 Å². The van der Waals surface area contributed by atoms with Crippen LogP contribution in [0.25, 0.3) is 0 Å². The SMILES string of the molecule is COC(C)CNc1ccc(S(=O)(=O)C(F)(F)F)cc1[N+](=O)[O-]. The van der Waals surface area contributed by atoms with Crippen LogP contribution in [-0.2, 0) is 14.6 Å². The number of alkyl halides is 3. The molecule has 0 heterocycles. The standard InChI is InChI=1S/C11H13F3N2O5S/c1-7(21-2)6-15-9-4-3-8(5-10(9)16(17)18)22(19,20)11(12,13)14/h3-5,7,15H,6H2,1-2H3. The summed E-state index contributed by atoms with van der Waals surface area (Å²) in [7, 11) is -4.23. The van der Waals surface area contributed by atoms with Crippen molar-refractivity contribution in [1.29, 1.82) is 0 Å². The summed E-state index contributed by atoms with van der Waals surface area (Å²) in [5.74, 6) is 0. The number of anilines is 1. The highest BCUT2D eigenvalue weighted by Crippen LogP contribution is 2.34. The summed E-state index contributed by atoms with van der Waals surface area (Å²) in [4.78, 5) is 8.78. The number of halogens is 3. The number of nitrogens with zero attached hydrogens (tertiary/aromatic N) is 1.